The number of nitrogens with zero attached hydrogens (tertiary/aromatic N) is 3. The normalized spacial score (nSPS) is 14.3. The van der Waals surface area contributed by atoms with Crippen molar-refractivity contribution in [1.29, 1.82) is 0 Å². The van der Waals surface area contributed by atoms with Crippen LogP contribution in [0.1, 0.15) is 24.2 Å². The van der Waals surface area contributed by atoms with Crippen LogP contribution in [-0.4, -0.2) is 40.7 Å². The lowest BCUT2D eigenvalue weighted by molar-refractivity contribution is -0.118. The summed E-state index contributed by atoms with van der Waals surface area (Å²) in [5.74, 6) is -1.18. The van der Waals surface area contributed by atoms with E-state index in [4.69, 9.17) is 5.53 Å². The van der Waals surface area contributed by atoms with Crippen LogP contribution < -0.4 is 10.6 Å². The minimum absolute atomic E-state index is 0.123. The monoisotopic (exact) mass is 307 g/mol. The molecule has 2 atom stereocenters. The number of carbonyl (C=O) groups excluding carboxylic acids is 2. The highest BCUT2D eigenvalue weighted by Crippen LogP contribution is 2.24. The summed E-state index contributed by atoms with van der Waals surface area (Å²) < 4.78 is 0. The Balaban J connectivity index is 3.09. The Labute approximate surface area is 126 Å². The molecule has 0 saturated heterocycles. The molecule has 0 unspecified atom stereocenters. The van der Waals surface area contributed by atoms with E-state index in [1.165, 1.54) is 19.1 Å². The zero-order valence-corrected chi connectivity index (χ0v) is 12.1. The van der Waals surface area contributed by atoms with Gasteiger partial charge in [0.05, 0.1) is 11.7 Å². The van der Waals surface area contributed by atoms with Crippen molar-refractivity contribution < 1.29 is 19.8 Å². The van der Waals surface area contributed by atoms with Gasteiger partial charge in [-0.15, -0.1) is 0 Å². The van der Waals surface area contributed by atoms with Crippen LogP contribution in [0.15, 0.2) is 23.3 Å². The zero-order valence-electron chi connectivity index (χ0n) is 12.1. The van der Waals surface area contributed by atoms with Crippen molar-refractivity contribution in [2.24, 2.45) is 5.11 Å². The lowest BCUT2D eigenvalue weighted by atomic mass is 10.0. The topological polar surface area (TPSA) is 147 Å². The van der Waals surface area contributed by atoms with Crippen LogP contribution in [0.4, 0.5) is 5.69 Å². The van der Waals surface area contributed by atoms with Crippen molar-refractivity contribution >= 4 is 17.9 Å². The van der Waals surface area contributed by atoms with E-state index in [0.29, 0.717) is 12.8 Å². The number of likely N-dealkylation sites (N-methyl/N-ethyl adjacent to an activating group) is 1. The van der Waals surface area contributed by atoms with Crippen LogP contribution in [0.2, 0.25) is 0 Å². The second kappa shape index (κ2) is 7.41. The molecule has 118 valence electrons. The summed E-state index contributed by atoms with van der Waals surface area (Å²) in [4.78, 5) is 26.1. The maximum absolute atomic E-state index is 12.2. The van der Waals surface area contributed by atoms with E-state index in [-0.39, 0.29) is 11.3 Å². The van der Waals surface area contributed by atoms with Crippen LogP contribution in [-0.2, 0) is 4.79 Å². The lowest BCUT2D eigenvalue weighted by Gasteiger charge is -2.32. The second-order valence-corrected chi connectivity index (χ2v) is 4.54. The molecule has 9 heteroatoms. The molecule has 0 spiro atoms. The van der Waals surface area contributed by atoms with E-state index in [1.54, 1.807) is 6.92 Å². The first-order valence-corrected chi connectivity index (χ1v) is 6.50. The first kappa shape index (κ1) is 17.4. The number of nitrogens with one attached hydrogen (secondary N) is 2. The van der Waals surface area contributed by atoms with Gasteiger partial charge < -0.3 is 15.5 Å². The third-order valence-electron chi connectivity index (χ3n) is 3.02. The Morgan fingerprint density at radius 2 is 2.27 bits per heavy atom. The number of aliphatic hydroxyl groups excluding tert-OH is 1. The zero-order chi connectivity index (χ0) is 16.8. The Morgan fingerprint density at radius 3 is 2.73 bits per heavy atom. The number of rotatable bonds is 7. The van der Waals surface area contributed by atoms with Gasteiger partial charge >= 0.3 is 0 Å². The molecule has 1 amide bonds. The summed E-state index contributed by atoms with van der Waals surface area (Å²) in [6, 6.07) is 3.71. The molecule has 9 nitrogen and oxygen atoms in total. The van der Waals surface area contributed by atoms with Crippen molar-refractivity contribution in [3.63, 3.8) is 0 Å². The van der Waals surface area contributed by atoms with Gasteiger partial charge in [0.25, 0.3) is 5.91 Å². The highest BCUT2D eigenvalue weighted by molar-refractivity contribution is 5.99. The van der Waals surface area contributed by atoms with Gasteiger partial charge in [-0.05, 0) is 31.1 Å². The van der Waals surface area contributed by atoms with Crippen LogP contribution >= 0.6 is 0 Å². The third kappa shape index (κ3) is 3.73. The number of hydrogen-bond acceptors (Lipinski definition) is 6. The number of phenols is 1. The number of benzene rings is 1. The van der Waals surface area contributed by atoms with E-state index in [1.807, 2.05) is 0 Å². The quantitative estimate of drug-likeness (QED) is 0.194. The molecule has 0 saturated carbocycles. The summed E-state index contributed by atoms with van der Waals surface area (Å²) >= 11 is 0. The van der Waals surface area contributed by atoms with Crippen molar-refractivity contribution in [2.75, 3.05) is 6.54 Å². The number of aliphatic hydroxyl groups is 1. The lowest BCUT2D eigenvalue weighted by Crippen LogP contribution is -2.66. The van der Waals surface area contributed by atoms with Crippen molar-refractivity contribution in [2.45, 2.75) is 25.6 Å². The predicted molar refractivity (Wildman–Crippen MR) is 78.5 cm³/mol. The number of carbonyl (C=O) groups is 2. The minimum Gasteiger partial charge on any atom is -0.507 e. The molecule has 0 heterocycles. The molecule has 4 N–H and O–H groups in total. The van der Waals surface area contributed by atoms with Gasteiger partial charge in [0.15, 0.2) is 11.9 Å². The average molecular weight is 307 g/mol. The molecule has 0 bridgehead atoms. The van der Waals surface area contributed by atoms with Gasteiger partial charge in [-0.2, -0.15) is 0 Å². The fraction of sp³-hybridized carbons (Fsp3) is 0.385. The summed E-state index contributed by atoms with van der Waals surface area (Å²) in [5, 5.41) is 27.9. The molecule has 0 fully saturated rings. The Bertz CT molecular complexity index is 612. The first-order chi connectivity index (χ1) is 10.4. The van der Waals surface area contributed by atoms with Crippen molar-refractivity contribution in [3.05, 3.63) is 34.2 Å². The van der Waals surface area contributed by atoms with Crippen LogP contribution in [0.3, 0.4) is 0 Å². The van der Waals surface area contributed by atoms with Crippen LogP contribution in [0.25, 0.3) is 10.4 Å². The number of aldehydes is 1. The Morgan fingerprint density at radius 1 is 1.59 bits per heavy atom. The second-order valence-electron chi connectivity index (χ2n) is 4.54. The molecular weight excluding hydrogens is 290 g/mol. The average Bonchev–Trinajstić information content (AvgIpc) is 2.46. The van der Waals surface area contributed by atoms with E-state index in [9.17, 15) is 19.8 Å². The highest BCUT2D eigenvalue weighted by Gasteiger charge is 2.36. The van der Waals surface area contributed by atoms with Gasteiger partial charge in [-0.25, -0.2) is 0 Å². The number of azide groups is 1. The number of amides is 1. The largest absolute Gasteiger partial charge is 0.507 e. The first-order valence-electron chi connectivity index (χ1n) is 6.50. The molecule has 1 rings (SSSR count). The molecule has 0 aliphatic rings. The third-order valence-corrected chi connectivity index (χ3v) is 3.02. The van der Waals surface area contributed by atoms with Crippen molar-refractivity contribution in [3.8, 4) is 5.75 Å². The number of phenolic OH excluding ortho intramolecular Hbond substituents is 1. The molecule has 0 aliphatic carbocycles. The van der Waals surface area contributed by atoms with E-state index < -0.39 is 23.4 Å². The predicted octanol–water partition coefficient (Wildman–Crippen LogP) is 0.949. The summed E-state index contributed by atoms with van der Waals surface area (Å²) in [5.41, 5.74) is 6.67. The van der Waals surface area contributed by atoms with Gasteiger partial charge in [-0.3, -0.25) is 14.9 Å². The van der Waals surface area contributed by atoms with Gasteiger partial charge in [0.2, 0.25) is 0 Å². The SMILES string of the molecule is CCN[C@](C=O)(NC(=O)c1ccc(N=[N+]=[N-])cc1O)[C@@H](C)O. The van der Waals surface area contributed by atoms with E-state index in [2.05, 4.69) is 20.7 Å². The fourth-order valence-corrected chi connectivity index (χ4v) is 1.84. The fourth-order valence-electron chi connectivity index (χ4n) is 1.84. The number of hydrogen-bond donors (Lipinski definition) is 4. The summed E-state index contributed by atoms with van der Waals surface area (Å²) in [6.07, 6.45) is -0.803. The van der Waals surface area contributed by atoms with Crippen LogP contribution in [0, 0.1) is 0 Å². The highest BCUT2D eigenvalue weighted by atomic mass is 16.3. The molecule has 1 aromatic rings. The molecule has 0 aliphatic heterocycles. The maximum atomic E-state index is 12.2. The summed E-state index contributed by atoms with van der Waals surface area (Å²) in [7, 11) is 0. The molecule has 0 radical (unpaired) electrons. The number of aromatic hydroxyl groups is 1. The molecule has 1 aromatic carbocycles. The summed E-state index contributed by atoms with van der Waals surface area (Å²) in [6.45, 7) is 3.38. The van der Waals surface area contributed by atoms with Gasteiger partial charge in [0, 0.05) is 10.6 Å². The smallest absolute Gasteiger partial charge is 0.256 e. The van der Waals surface area contributed by atoms with Crippen molar-refractivity contribution in [1.82, 2.24) is 10.6 Å². The standard InChI is InChI=1S/C13H17N5O4/c1-3-15-13(7-19,8(2)20)16-12(22)10-5-4-9(17-18-14)6-11(10)21/h4-8,15,20-21H,3H2,1-2H3,(H,16,22)/t8-,13-/m1/s1. The van der Waals surface area contributed by atoms with Gasteiger partial charge in [-0.1, -0.05) is 18.1 Å². The van der Waals surface area contributed by atoms with E-state index in [0.717, 1.165) is 6.07 Å². The molecule has 0 aromatic heterocycles. The Hall–Kier alpha value is -2.61. The van der Waals surface area contributed by atoms with E-state index >= 15 is 0 Å². The molecular formula is C13H17N5O4. The maximum Gasteiger partial charge on any atom is 0.256 e. The van der Waals surface area contributed by atoms with Gasteiger partial charge in [0.1, 0.15) is 5.75 Å². The minimum atomic E-state index is -1.66. The molecule has 22 heavy (non-hydrogen) atoms. The Kier molecular flexibility index (Phi) is 5.88. The van der Waals surface area contributed by atoms with Crippen LogP contribution in [0.5, 0.6) is 5.75 Å².